The highest BCUT2D eigenvalue weighted by molar-refractivity contribution is 14.0. The van der Waals surface area contributed by atoms with Crippen LogP contribution in [0.15, 0.2) is 40.1 Å². The maximum absolute atomic E-state index is 4.56. The molecule has 0 bridgehead atoms. The summed E-state index contributed by atoms with van der Waals surface area (Å²) in [7, 11) is 5.94. The molecular formula is C20H30BrIN6. The first-order valence-electron chi connectivity index (χ1n) is 9.49. The van der Waals surface area contributed by atoms with Gasteiger partial charge in [-0.2, -0.15) is 0 Å². The molecule has 0 spiro atoms. The van der Waals surface area contributed by atoms with Crippen LogP contribution < -0.4 is 10.2 Å². The van der Waals surface area contributed by atoms with E-state index in [9.17, 15) is 0 Å². The van der Waals surface area contributed by atoms with Gasteiger partial charge in [0.05, 0.1) is 6.54 Å². The van der Waals surface area contributed by atoms with Gasteiger partial charge >= 0.3 is 0 Å². The van der Waals surface area contributed by atoms with Crippen LogP contribution in [0.4, 0.5) is 5.82 Å². The first-order valence-corrected chi connectivity index (χ1v) is 10.3. The van der Waals surface area contributed by atoms with Crippen molar-refractivity contribution < 1.29 is 0 Å². The van der Waals surface area contributed by atoms with E-state index in [1.54, 1.807) is 0 Å². The summed E-state index contributed by atoms with van der Waals surface area (Å²) in [6.45, 7) is 3.75. The highest BCUT2D eigenvalue weighted by Gasteiger charge is 2.13. The van der Waals surface area contributed by atoms with Gasteiger partial charge in [0.15, 0.2) is 5.96 Å². The number of hydrogen-bond acceptors (Lipinski definition) is 3. The van der Waals surface area contributed by atoms with Crippen LogP contribution >= 0.6 is 39.9 Å². The fraction of sp³-hybridized carbons (Fsp3) is 0.500. The molecule has 0 amide bonds. The zero-order valence-electron chi connectivity index (χ0n) is 16.9. The molecule has 1 aliphatic heterocycles. The summed E-state index contributed by atoms with van der Waals surface area (Å²) in [5.74, 6) is 1.97. The Labute approximate surface area is 193 Å². The van der Waals surface area contributed by atoms with E-state index in [4.69, 9.17) is 0 Å². The average molecular weight is 561 g/mol. The molecule has 6 nitrogen and oxygen atoms in total. The number of aliphatic imine (C=N–C) groups is 1. The average Bonchev–Trinajstić information content (AvgIpc) is 3.00. The number of pyridine rings is 1. The van der Waals surface area contributed by atoms with Crippen molar-refractivity contribution in [1.29, 1.82) is 0 Å². The number of halogens is 2. The molecular weight excluding hydrogens is 531 g/mol. The van der Waals surface area contributed by atoms with E-state index in [2.05, 4.69) is 84.1 Å². The molecule has 3 heterocycles. The SMILES string of the molecule is CN=C(NCc1ccnc(N2CCCCC2)c1)N(C)Cc1cc(Br)cn1C.I. The Bertz CT molecular complexity index is 785. The largest absolute Gasteiger partial charge is 0.357 e. The summed E-state index contributed by atoms with van der Waals surface area (Å²) < 4.78 is 3.22. The van der Waals surface area contributed by atoms with E-state index in [1.807, 2.05) is 13.2 Å². The first kappa shape index (κ1) is 23.0. The third kappa shape index (κ3) is 6.10. The van der Waals surface area contributed by atoms with Crippen LogP contribution in [0.3, 0.4) is 0 Å². The van der Waals surface area contributed by atoms with Gasteiger partial charge in [-0.3, -0.25) is 4.99 Å². The third-order valence-electron chi connectivity index (χ3n) is 4.99. The molecule has 0 radical (unpaired) electrons. The number of nitrogens with zero attached hydrogens (tertiary/aromatic N) is 5. The van der Waals surface area contributed by atoms with Crippen LogP contribution in [0.25, 0.3) is 0 Å². The van der Waals surface area contributed by atoms with Gasteiger partial charge in [0.2, 0.25) is 0 Å². The molecule has 2 aromatic heterocycles. The third-order valence-corrected chi connectivity index (χ3v) is 5.42. The van der Waals surface area contributed by atoms with E-state index < -0.39 is 0 Å². The maximum Gasteiger partial charge on any atom is 0.194 e. The quantitative estimate of drug-likeness (QED) is 0.341. The van der Waals surface area contributed by atoms with Crippen LogP contribution in [-0.2, 0) is 20.1 Å². The number of nitrogens with one attached hydrogen (secondary N) is 1. The minimum absolute atomic E-state index is 0. The molecule has 3 rings (SSSR count). The number of hydrogen-bond donors (Lipinski definition) is 1. The minimum atomic E-state index is 0. The van der Waals surface area contributed by atoms with Crippen molar-refractivity contribution in [3.8, 4) is 0 Å². The second-order valence-electron chi connectivity index (χ2n) is 7.09. The summed E-state index contributed by atoms with van der Waals surface area (Å²) in [6, 6.07) is 6.40. The maximum atomic E-state index is 4.56. The van der Waals surface area contributed by atoms with E-state index in [0.29, 0.717) is 0 Å². The molecule has 2 aromatic rings. The molecule has 1 saturated heterocycles. The van der Waals surface area contributed by atoms with E-state index in [-0.39, 0.29) is 24.0 Å². The molecule has 28 heavy (non-hydrogen) atoms. The minimum Gasteiger partial charge on any atom is -0.357 e. The number of aryl methyl sites for hydroxylation is 1. The Morgan fingerprint density at radius 2 is 2.04 bits per heavy atom. The van der Waals surface area contributed by atoms with Crippen molar-refractivity contribution in [3.05, 3.63) is 46.3 Å². The predicted molar refractivity (Wildman–Crippen MR) is 130 cm³/mol. The van der Waals surface area contributed by atoms with Gasteiger partial charge in [-0.15, -0.1) is 24.0 Å². The Kier molecular flexibility index (Phi) is 9.07. The lowest BCUT2D eigenvalue weighted by Crippen LogP contribution is -2.38. The van der Waals surface area contributed by atoms with Gasteiger partial charge in [-0.25, -0.2) is 4.98 Å². The van der Waals surface area contributed by atoms with Gasteiger partial charge in [0.25, 0.3) is 0 Å². The van der Waals surface area contributed by atoms with E-state index in [0.717, 1.165) is 42.4 Å². The Balaban J connectivity index is 0.00000280. The van der Waals surface area contributed by atoms with Crippen LogP contribution in [0.1, 0.15) is 30.5 Å². The van der Waals surface area contributed by atoms with Gasteiger partial charge in [-0.05, 0) is 59.0 Å². The van der Waals surface area contributed by atoms with Gasteiger partial charge in [-0.1, -0.05) is 0 Å². The second-order valence-corrected chi connectivity index (χ2v) is 8.00. The van der Waals surface area contributed by atoms with Crippen molar-refractivity contribution in [1.82, 2.24) is 19.8 Å². The van der Waals surface area contributed by atoms with Crippen LogP contribution in [-0.4, -0.2) is 47.6 Å². The second kappa shape index (κ2) is 11.0. The highest BCUT2D eigenvalue weighted by atomic mass is 127. The zero-order valence-corrected chi connectivity index (χ0v) is 20.8. The lowest BCUT2D eigenvalue weighted by Gasteiger charge is -2.28. The fourth-order valence-corrected chi connectivity index (χ4v) is 4.04. The summed E-state index contributed by atoms with van der Waals surface area (Å²) in [5.41, 5.74) is 2.45. The highest BCUT2D eigenvalue weighted by Crippen LogP contribution is 2.18. The van der Waals surface area contributed by atoms with Gasteiger partial charge in [0, 0.05) is 63.3 Å². The van der Waals surface area contributed by atoms with Gasteiger partial charge < -0.3 is 19.7 Å². The summed E-state index contributed by atoms with van der Waals surface area (Å²) in [5, 5.41) is 3.47. The van der Waals surface area contributed by atoms with Crippen LogP contribution in [0.2, 0.25) is 0 Å². The Morgan fingerprint density at radius 3 is 2.68 bits per heavy atom. The molecule has 0 saturated carbocycles. The normalized spacial score (nSPS) is 14.6. The molecule has 0 atom stereocenters. The van der Waals surface area contributed by atoms with Crippen molar-refractivity contribution in [3.63, 3.8) is 0 Å². The van der Waals surface area contributed by atoms with E-state index >= 15 is 0 Å². The summed E-state index contributed by atoms with van der Waals surface area (Å²) in [6.07, 6.45) is 7.83. The standard InChI is InChI=1S/C20H29BrN6.HI/c1-22-20(26(3)15-18-12-17(21)14-25(18)2)24-13-16-7-8-23-19(11-16)27-9-5-4-6-10-27;/h7-8,11-12,14H,4-6,9-10,13,15H2,1-3H3,(H,22,24);1H. The monoisotopic (exact) mass is 560 g/mol. The first-order chi connectivity index (χ1) is 13.1. The van der Waals surface area contributed by atoms with Gasteiger partial charge in [0.1, 0.15) is 5.82 Å². The van der Waals surface area contributed by atoms with Crippen molar-refractivity contribution in [2.45, 2.75) is 32.4 Å². The number of aromatic nitrogens is 2. The molecule has 1 aliphatic rings. The molecule has 1 N–H and O–H groups in total. The lowest BCUT2D eigenvalue weighted by molar-refractivity contribution is 0.461. The Morgan fingerprint density at radius 1 is 1.29 bits per heavy atom. The fourth-order valence-electron chi connectivity index (χ4n) is 3.47. The molecule has 8 heteroatoms. The predicted octanol–water partition coefficient (Wildman–Crippen LogP) is 4.00. The summed E-state index contributed by atoms with van der Waals surface area (Å²) in [4.78, 5) is 13.5. The number of piperidine rings is 1. The zero-order chi connectivity index (χ0) is 19.2. The molecule has 0 unspecified atom stereocenters. The van der Waals surface area contributed by atoms with Crippen molar-refractivity contribution in [2.24, 2.45) is 12.0 Å². The van der Waals surface area contributed by atoms with E-state index in [1.165, 1.54) is 30.5 Å². The molecule has 0 aliphatic carbocycles. The number of anilines is 1. The number of rotatable bonds is 5. The van der Waals surface area contributed by atoms with Crippen LogP contribution in [0, 0.1) is 0 Å². The molecule has 154 valence electrons. The number of guanidine groups is 1. The smallest absolute Gasteiger partial charge is 0.194 e. The molecule has 0 aromatic carbocycles. The summed E-state index contributed by atoms with van der Waals surface area (Å²) >= 11 is 3.53. The Hall–Kier alpha value is -1.29. The van der Waals surface area contributed by atoms with Crippen molar-refractivity contribution >= 4 is 51.7 Å². The lowest BCUT2D eigenvalue weighted by atomic mass is 10.1. The molecule has 1 fully saturated rings. The topological polar surface area (TPSA) is 48.7 Å². The van der Waals surface area contributed by atoms with Crippen LogP contribution in [0.5, 0.6) is 0 Å². The van der Waals surface area contributed by atoms with Crippen molar-refractivity contribution in [2.75, 3.05) is 32.1 Å².